The molecule has 0 aliphatic heterocycles. The number of unbranched alkanes of at least 4 members (excludes halogenated alkanes) is 2. The molecule has 5 amide bonds. The first-order chi connectivity index (χ1) is 27.8. The van der Waals surface area contributed by atoms with E-state index in [0.717, 1.165) is 24.8 Å². The maximum absolute atomic E-state index is 14.2. The first-order valence-electron chi connectivity index (χ1n) is 21.5. The summed E-state index contributed by atoms with van der Waals surface area (Å²) in [6.07, 6.45) is 9.78. The Bertz CT molecular complexity index is 1570. The van der Waals surface area contributed by atoms with E-state index in [1.165, 1.54) is 19.1 Å². The molecular formula is C43H67N7O8. The molecule has 1 aromatic carbocycles. The van der Waals surface area contributed by atoms with Gasteiger partial charge in [-0.1, -0.05) is 31.4 Å². The van der Waals surface area contributed by atoms with Crippen LogP contribution in [0.4, 0.5) is 0 Å². The number of primary amides is 1. The van der Waals surface area contributed by atoms with Gasteiger partial charge in [0.2, 0.25) is 29.5 Å². The SMILES string of the molecule is CC(=O)NC1CCCC1C(=O)N[C@@H](CCCCN)C(=O)CC1CCCC1C(=O)N[C@@H](Cc1ccc(O)cc1)C(=O)CC1CCCC1C(=O)N[C@@H](CCCCN)C(N)=O. The molecule has 15 nitrogen and oxygen atoms in total. The quantitative estimate of drug-likeness (QED) is 0.0706. The van der Waals surface area contributed by atoms with E-state index < -0.39 is 41.8 Å². The lowest BCUT2D eigenvalue weighted by atomic mass is 9.85. The number of rotatable bonds is 24. The number of hydrogen-bond acceptors (Lipinski definition) is 10. The molecule has 322 valence electrons. The van der Waals surface area contributed by atoms with Gasteiger partial charge in [0.25, 0.3) is 0 Å². The minimum atomic E-state index is -0.917. The van der Waals surface area contributed by atoms with Crippen LogP contribution in [0.15, 0.2) is 24.3 Å². The normalized spacial score (nSPS) is 24.3. The van der Waals surface area contributed by atoms with Gasteiger partial charge >= 0.3 is 0 Å². The van der Waals surface area contributed by atoms with E-state index in [2.05, 4.69) is 21.3 Å². The summed E-state index contributed by atoms with van der Waals surface area (Å²) in [5.74, 6) is -4.00. The fourth-order valence-corrected chi connectivity index (χ4v) is 9.30. The van der Waals surface area contributed by atoms with E-state index in [0.29, 0.717) is 90.1 Å². The van der Waals surface area contributed by atoms with Crippen LogP contribution in [0.5, 0.6) is 5.75 Å². The van der Waals surface area contributed by atoms with Crippen LogP contribution in [0.2, 0.25) is 0 Å². The topological polar surface area (TPSA) is 266 Å². The van der Waals surface area contributed by atoms with Crippen molar-refractivity contribution < 1.29 is 38.7 Å². The van der Waals surface area contributed by atoms with Gasteiger partial charge in [-0.05, 0) is 126 Å². The number of carbonyl (C=O) groups excluding carboxylic acids is 7. The Labute approximate surface area is 342 Å². The highest BCUT2D eigenvalue weighted by atomic mass is 16.3. The van der Waals surface area contributed by atoms with Crippen LogP contribution in [-0.4, -0.2) is 83.5 Å². The molecule has 9 atom stereocenters. The third-order valence-electron chi connectivity index (χ3n) is 12.5. The largest absolute Gasteiger partial charge is 0.508 e. The second-order valence-electron chi connectivity index (χ2n) is 16.8. The van der Waals surface area contributed by atoms with E-state index in [1.807, 2.05) is 0 Å². The van der Waals surface area contributed by atoms with Gasteiger partial charge < -0.3 is 43.6 Å². The Kier molecular flexibility index (Phi) is 18.6. The fraction of sp³-hybridized carbons (Fsp3) is 0.698. The lowest BCUT2D eigenvalue weighted by molar-refractivity contribution is -0.134. The van der Waals surface area contributed by atoms with Crippen LogP contribution >= 0.6 is 0 Å². The zero-order valence-corrected chi connectivity index (χ0v) is 34.2. The molecule has 0 heterocycles. The summed E-state index contributed by atoms with van der Waals surface area (Å²) in [6.45, 7) is 2.35. The summed E-state index contributed by atoms with van der Waals surface area (Å²) < 4.78 is 0. The van der Waals surface area contributed by atoms with Gasteiger partial charge in [-0.25, -0.2) is 0 Å². The Hall–Kier alpha value is -4.37. The van der Waals surface area contributed by atoms with Gasteiger partial charge in [-0.3, -0.25) is 33.6 Å². The van der Waals surface area contributed by atoms with Crippen molar-refractivity contribution in [3.8, 4) is 5.75 Å². The number of amides is 5. The second-order valence-corrected chi connectivity index (χ2v) is 16.8. The summed E-state index contributed by atoms with van der Waals surface area (Å²) >= 11 is 0. The lowest BCUT2D eigenvalue weighted by Gasteiger charge is -2.27. The van der Waals surface area contributed by atoms with Crippen LogP contribution in [0.25, 0.3) is 0 Å². The number of aromatic hydroxyl groups is 1. The van der Waals surface area contributed by atoms with E-state index >= 15 is 0 Å². The van der Waals surface area contributed by atoms with Crippen LogP contribution in [0.1, 0.15) is 122 Å². The molecule has 15 heteroatoms. The number of nitrogens with one attached hydrogen (secondary N) is 4. The highest BCUT2D eigenvalue weighted by molar-refractivity contribution is 5.93. The zero-order chi connectivity index (χ0) is 42.2. The van der Waals surface area contributed by atoms with Gasteiger partial charge in [0, 0.05) is 37.6 Å². The Balaban J connectivity index is 1.44. The van der Waals surface area contributed by atoms with Crippen molar-refractivity contribution in [1.82, 2.24) is 21.3 Å². The van der Waals surface area contributed by atoms with Gasteiger partial charge in [0.1, 0.15) is 11.8 Å². The monoisotopic (exact) mass is 810 g/mol. The van der Waals surface area contributed by atoms with E-state index in [1.54, 1.807) is 12.1 Å². The van der Waals surface area contributed by atoms with Crippen molar-refractivity contribution in [3.63, 3.8) is 0 Å². The average molecular weight is 810 g/mol. The lowest BCUT2D eigenvalue weighted by Crippen LogP contribution is -2.49. The first kappa shape index (κ1) is 46.3. The minimum absolute atomic E-state index is 0.0517. The number of phenols is 1. The predicted octanol–water partition coefficient (Wildman–Crippen LogP) is 2.19. The molecule has 0 saturated heterocycles. The van der Waals surface area contributed by atoms with Crippen LogP contribution < -0.4 is 38.5 Å². The average Bonchev–Trinajstić information content (AvgIpc) is 3.96. The smallest absolute Gasteiger partial charge is 0.239 e. The van der Waals surface area contributed by atoms with Crippen LogP contribution in [-0.2, 0) is 40.0 Å². The van der Waals surface area contributed by atoms with Crippen molar-refractivity contribution in [1.29, 1.82) is 0 Å². The van der Waals surface area contributed by atoms with Crippen LogP contribution in [0.3, 0.4) is 0 Å². The highest BCUT2D eigenvalue weighted by Crippen LogP contribution is 2.37. The summed E-state index contributed by atoms with van der Waals surface area (Å²) in [5, 5.41) is 21.6. The number of ketones is 2. The molecule has 0 spiro atoms. The highest BCUT2D eigenvalue weighted by Gasteiger charge is 2.41. The van der Waals surface area contributed by atoms with Crippen molar-refractivity contribution in [2.45, 2.75) is 147 Å². The van der Waals surface area contributed by atoms with Crippen molar-refractivity contribution >= 4 is 41.1 Å². The fourth-order valence-electron chi connectivity index (χ4n) is 9.30. The Morgan fingerprint density at radius 2 is 1.10 bits per heavy atom. The number of carbonyl (C=O) groups is 7. The number of nitrogens with two attached hydrogens (primary N) is 3. The van der Waals surface area contributed by atoms with Crippen molar-refractivity contribution in [2.24, 2.45) is 46.8 Å². The summed E-state index contributed by atoms with van der Waals surface area (Å²) in [6, 6.07) is 3.67. The molecule has 0 aromatic heterocycles. The van der Waals surface area contributed by atoms with E-state index in [4.69, 9.17) is 17.2 Å². The standard InChI is InChI=1S/C43H67N7O8/c1-26(51)47-34-16-8-13-33(34)43(58)48-35(14-2-4-21-44)38(53)24-28-9-6-12-32(28)42(57)50-37(23-27-17-19-30(52)20-18-27)39(54)25-29-10-7-11-31(29)41(56)49-36(40(46)55)15-3-5-22-45/h17-20,28-29,31-37,52H,2-16,21-25,44-45H2,1H3,(H2,46,55)(H,47,51)(H,48,58)(H,49,56)(H,50,57)/t28?,29?,31?,32?,33?,34?,35-,36-,37-/m0/s1. The first-order valence-corrected chi connectivity index (χ1v) is 21.5. The molecule has 3 aliphatic rings. The van der Waals surface area contributed by atoms with Gasteiger partial charge in [0.05, 0.1) is 18.0 Å². The second kappa shape index (κ2) is 23.3. The van der Waals surface area contributed by atoms with Crippen LogP contribution in [0, 0.1) is 29.6 Å². The van der Waals surface area contributed by atoms with E-state index in [-0.39, 0.29) is 78.1 Å². The maximum Gasteiger partial charge on any atom is 0.239 e. The number of Topliss-reactive ketones (excluding diaryl/α,β-unsaturated/α-hetero) is 2. The molecular weight excluding hydrogens is 743 g/mol. The summed E-state index contributed by atoms with van der Waals surface area (Å²) in [5.41, 5.74) is 17.7. The molecule has 0 radical (unpaired) electrons. The Morgan fingerprint density at radius 1 is 0.638 bits per heavy atom. The molecule has 11 N–H and O–H groups in total. The minimum Gasteiger partial charge on any atom is -0.508 e. The molecule has 4 rings (SSSR count). The molecule has 3 aliphatic carbocycles. The molecule has 1 aromatic rings. The number of phenolic OH excluding ortho intramolecular Hbond substituents is 1. The molecule has 58 heavy (non-hydrogen) atoms. The zero-order valence-electron chi connectivity index (χ0n) is 34.2. The van der Waals surface area contributed by atoms with E-state index in [9.17, 15) is 38.7 Å². The number of benzene rings is 1. The Morgan fingerprint density at radius 3 is 1.64 bits per heavy atom. The molecule has 3 fully saturated rings. The van der Waals surface area contributed by atoms with Gasteiger partial charge in [0.15, 0.2) is 11.6 Å². The summed E-state index contributed by atoms with van der Waals surface area (Å²) in [7, 11) is 0. The molecule has 0 bridgehead atoms. The molecule has 6 unspecified atom stereocenters. The predicted molar refractivity (Wildman–Crippen MR) is 218 cm³/mol. The maximum atomic E-state index is 14.2. The third kappa shape index (κ3) is 13.9. The molecule has 3 saturated carbocycles. The summed E-state index contributed by atoms with van der Waals surface area (Å²) in [4.78, 5) is 93.0. The van der Waals surface area contributed by atoms with Gasteiger partial charge in [-0.15, -0.1) is 0 Å². The van der Waals surface area contributed by atoms with Crippen molar-refractivity contribution in [3.05, 3.63) is 29.8 Å². The third-order valence-corrected chi connectivity index (χ3v) is 12.5. The van der Waals surface area contributed by atoms with Gasteiger partial charge in [-0.2, -0.15) is 0 Å². The number of hydrogen-bond donors (Lipinski definition) is 8. The van der Waals surface area contributed by atoms with Crippen molar-refractivity contribution in [2.75, 3.05) is 13.1 Å².